The first-order valence-corrected chi connectivity index (χ1v) is 6.87. The molecule has 0 radical (unpaired) electrons. The third-order valence-electron chi connectivity index (χ3n) is 3.56. The predicted octanol–water partition coefficient (Wildman–Crippen LogP) is 2.30. The zero-order chi connectivity index (χ0) is 16.3. The number of nitrogens with one attached hydrogen (secondary N) is 1. The largest absolute Gasteiger partial charge is 0.433 e. The molecule has 2 amide bonds. The Bertz CT molecular complexity index is 557. The molecule has 0 aliphatic carbocycles. The van der Waals surface area contributed by atoms with Crippen LogP contribution in [-0.4, -0.2) is 34.8 Å². The molecular formula is C14H16F3N3O2. The lowest BCUT2D eigenvalue weighted by Gasteiger charge is -2.31. The molecule has 120 valence electrons. The SMILES string of the molecule is CC(=O)N1CCCC(C(=O)Nc2ccc(C(F)(F)F)nc2)C1. The number of aromatic nitrogens is 1. The minimum Gasteiger partial charge on any atom is -0.342 e. The van der Waals surface area contributed by atoms with Gasteiger partial charge in [-0.05, 0) is 25.0 Å². The molecule has 1 aromatic heterocycles. The van der Waals surface area contributed by atoms with Crippen molar-refractivity contribution < 1.29 is 22.8 Å². The maximum absolute atomic E-state index is 12.4. The van der Waals surface area contributed by atoms with E-state index in [1.54, 1.807) is 4.90 Å². The molecule has 2 heterocycles. The molecule has 1 fully saturated rings. The number of carbonyl (C=O) groups is 2. The Balaban J connectivity index is 1.98. The summed E-state index contributed by atoms with van der Waals surface area (Å²) < 4.78 is 37.2. The second-order valence-corrected chi connectivity index (χ2v) is 5.22. The van der Waals surface area contributed by atoms with Crippen molar-refractivity contribution in [3.05, 3.63) is 24.0 Å². The summed E-state index contributed by atoms with van der Waals surface area (Å²) in [6, 6.07) is 1.98. The molecule has 0 spiro atoms. The lowest BCUT2D eigenvalue weighted by molar-refractivity contribution is -0.141. The molecule has 22 heavy (non-hydrogen) atoms. The van der Waals surface area contributed by atoms with Crippen LogP contribution in [0, 0.1) is 5.92 Å². The van der Waals surface area contributed by atoms with E-state index in [1.807, 2.05) is 0 Å². The number of halogens is 3. The molecule has 0 saturated carbocycles. The second kappa shape index (κ2) is 6.33. The fourth-order valence-electron chi connectivity index (χ4n) is 2.36. The third kappa shape index (κ3) is 3.96. The molecule has 0 aromatic carbocycles. The number of hydrogen-bond acceptors (Lipinski definition) is 3. The highest BCUT2D eigenvalue weighted by Crippen LogP contribution is 2.28. The number of alkyl halides is 3. The first-order chi connectivity index (χ1) is 10.3. The molecule has 1 aromatic rings. The molecule has 1 aliphatic rings. The molecule has 0 bridgehead atoms. The summed E-state index contributed by atoms with van der Waals surface area (Å²) in [7, 11) is 0. The molecule has 2 rings (SSSR count). The molecular weight excluding hydrogens is 299 g/mol. The molecule has 8 heteroatoms. The summed E-state index contributed by atoms with van der Waals surface area (Å²) in [6.45, 7) is 2.40. The molecule has 1 saturated heterocycles. The summed E-state index contributed by atoms with van der Waals surface area (Å²) in [6.07, 6.45) is -2.16. The Kier molecular flexibility index (Phi) is 4.68. The van der Waals surface area contributed by atoms with E-state index in [0.717, 1.165) is 18.7 Å². The standard InChI is InChI=1S/C14H16F3N3O2/c1-9(21)20-6-2-3-10(8-20)13(22)19-11-4-5-12(18-7-11)14(15,16)17/h4-5,7,10H,2-3,6,8H2,1H3,(H,19,22). The highest BCUT2D eigenvalue weighted by molar-refractivity contribution is 5.93. The number of anilines is 1. The van der Waals surface area contributed by atoms with E-state index in [0.29, 0.717) is 19.5 Å². The Labute approximate surface area is 125 Å². The number of hydrogen-bond donors (Lipinski definition) is 1. The average molecular weight is 315 g/mol. The number of nitrogens with zero attached hydrogens (tertiary/aromatic N) is 2. The van der Waals surface area contributed by atoms with Crippen molar-refractivity contribution in [1.82, 2.24) is 9.88 Å². The van der Waals surface area contributed by atoms with Gasteiger partial charge in [0.2, 0.25) is 11.8 Å². The van der Waals surface area contributed by atoms with Crippen molar-refractivity contribution in [3.63, 3.8) is 0 Å². The molecule has 1 atom stereocenters. The van der Waals surface area contributed by atoms with E-state index in [-0.39, 0.29) is 23.4 Å². The average Bonchev–Trinajstić information content (AvgIpc) is 2.47. The number of rotatable bonds is 2. The van der Waals surface area contributed by atoms with Crippen molar-refractivity contribution in [2.45, 2.75) is 25.9 Å². The summed E-state index contributed by atoms with van der Waals surface area (Å²) in [4.78, 5) is 28.3. The molecule has 1 N–H and O–H groups in total. The van der Waals surface area contributed by atoms with Gasteiger partial charge in [-0.1, -0.05) is 0 Å². The maximum Gasteiger partial charge on any atom is 0.433 e. The van der Waals surface area contributed by atoms with E-state index >= 15 is 0 Å². The van der Waals surface area contributed by atoms with E-state index in [2.05, 4.69) is 10.3 Å². The van der Waals surface area contributed by atoms with Gasteiger partial charge in [0.15, 0.2) is 0 Å². The minimum absolute atomic E-state index is 0.0892. The summed E-state index contributed by atoms with van der Waals surface area (Å²) in [5.41, 5.74) is -0.802. The van der Waals surface area contributed by atoms with Crippen LogP contribution in [0.3, 0.4) is 0 Å². The number of piperidine rings is 1. The Morgan fingerprint density at radius 2 is 2.09 bits per heavy atom. The number of likely N-dealkylation sites (tertiary alicyclic amines) is 1. The fourth-order valence-corrected chi connectivity index (χ4v) is 2.36. The highest BCUT2D eigenvalue weighted by Gasteiger charge is 2.32. The Morgan fingerprint density at radius 1 is 1.36 bits per heavy atom. The van der Waals surface area contributed by atoms with Gasteiger partial charge in [0.05, 0.1) is 17.8 Å². The van der Waals surface area contributed by atoms with Crippen LogP contribution in [0.5, 0.6) is 0 Å². The van der Waals surface area contributed by atoms with Crippen LogP contribution in [0.25, 0.3) is 0 Å². The van der Waals surface area contributed by atoms with Crippen LogP contribution >= 0.6 is 0 Å². The lowest BCUT2D eigenvalue weighted by atomic mass is 9.97. The normalized spacial score (nSPS) is 18.9. The van der Waals surface area contributed by atoms with Crippen molar-refractivity contribution in [1.29, 1.82) is 0 Å². The molecule has 1 aliphatic heterocycles. The number of amides is 2. The van der Waals surface area contributed by atoms with Crippen LogP contribution in [0.15, 0.2) is 18.3 Å². The maximum atomic E-state index is 12.4. The van der Waals surface area contributed by atoms with Gasteiger partial charge < -0.3 is 10.2 Å². The third-order valence-corrected chi connectivity index (χ3v) is 3.56. The van der Waals surface area contributed by atoms with Crippen LogP contribution < -0.4 is 5.32 Å². The summed E-state index contributed by atoms with van der Waals surface area (Å²) in [5.74, 6) is -0.763. The first kappa shape index (κ1) is 16.3. The zero-order valence-electron chi connectivity index (χ0n) is 12.0. The van der Waals surface area contributed by atoms with Gasteiger partial charge in [-0.25, -0.2) is 4.98 Å². The highest BCUT2D eigenvalue weighted by atomic mass is 19.4. The van der Waals surface area contributed by atoms with E-state index in [1.165, 1.54) is 13.0 Å². The smallest absolute Gasteiger partial charge is 0.342 e. The fraction of sp³-hybridized carbons (Fsp3) is 0.500. The molecule has 5 nitrogen and oxygen atoms in total. The van der Waals surface area contributed by atoms with Gasteiger partial charge in [-0.15, -0.1) is 0 Å². The van der Waals surface area contributed by atoms with Gasteiger partial charge in [-0.3, -0.25) is 9.59 Å². The summed E-state index contributed by atoms with van der Waals surface area (Å²) >= 11 is 0. The van der Waals surface area contributed by atoms with Crippen molar-refractivity contribution >= 4 is 17.5 Å². The number of carbonyl (C=O) groups excluding carboxylic acids is 2. The Hall–Kier alpha value is -2.12. The van der Waals surface area contributed by atoms with Gasteiger partial charge in [-0.2, -0.15) is 13.2 Å². The van der Waals surface area contributed by atoms with Gasteiger partial charge >= 0.3 is 6.18 Å². The first-order valence-electron chi connectivity index (χ1n) is 6.87. The van der Waals surface area contributed by atoms with E-state index < -0.39 is 11.9 Å². The summed E-state index contributed by atoms with van der Waals surface area (Å²) in [5, 5.41) is 2.54. The monoisotopic (exact) mass is 315 g/mol. The van der Waals surface area contributed by atoms with E-state index in [4.69, 9.17) is 0 Å². The van der Waals surface area contributed by atoms with Crippen molar-refractivity contribution in [2.75, 3.05) is 18.4 Å². The van der Waals surface area contributed by atoms with Crippen molar-refractivity contribution in [3.8, 4) is 0 Å². The lowest BCUT2D eigenvalue weighted by Crippen LogP contribution is -2.42. The van der Waals surface area contributed by atoms with Gasteiger partial charge in [0, 0.05) is 20.0 Å². The Morgan fingerprint density at radius 3 is 2.64 bits per heavy atom. The minimum atomic E-state index is -4.51. The van der Waals surface area contributed by atoms with Crippen LogP contribution in [0.1, 0.15) is 25.5 Å². The predicted molar refractivity (Wildman–Crippen MR) is 72.8 cm³/mol. The van der Waals surface area contributed by atoms with Crippen LogP contribution in [-0.2, 0) is 15.8 Å². The zero-order valence-corrected chi connectivity index (χ0v) is 12.0. The topological polar surface area (TPSA) is 62.3 Å². The van der Waals surface area contributed by atoms with E-state index in [9.17, 15) is 22.8 Å². The van der Waals surface area contributed by atoms with Gasteiger partial charge in [0.1, 0.15) is 5.69 Å². The van der Waals surface area contributed by atoms with Gasteiger partial charge in [0.25, 0.3) is 0 Å². The van der Waals surface area contributed by atoms with Crippen molar-refractivity contribution in [2.24, 2.45) is 5.92 Å². The van der Waals surface area contributed by atoms with Crippen LogP contribution in [0.2, 0.25) is 0 Å². The number of pyridine rings is 1. The van der Waals surface area contributed by atoms with Crippen LogP contribution in [0.4, 0.5) is 18.9 Å². The second-order valence-electron chi connectivity index (χ2n) is 5.22. The molecule has 1 unspecified atom stereocenters. The quantitative estimate of drug-likeness (QED) is 0.911.